The van der Waals surface area contributed by atoms with Gasteiger partial charge < -0.3 is 10.6 Å². The summed E-state index contributed by atoms with van der Waals surface area (Å²) in [5.74, 6) is 1.28. The molecule has 1 aromatic carbocycles. The van der Waals surface area contributed by atoms with Gasteiger partial charge in [0.15, 0.2) is 5.96 Å². The first kappa shape index (κ1) is 12.9. The van der Waals surface area contributed by atoms with Gasteiger partial charge in [0.05, 0.1) is 12.6 Å². The standard InChI is InChI=1S/C15H23N3/c1-4-12-7-5-6-8-13(12)14-9-17-15(16)18(14)10-11(2)3/h5-8,11,14H,4,9-10H2,1-3H3,(H2,16,17). The van der Waals surface area contributed by atoms with Crippen LogP contribution >= 0.6 is 0 Å². The normalized spacial score (nSPS) is 19.4. The molecule has 18 heavy (non-hydrogen) atoms. The van der Waals surface area contributed by atoms with Crippen molar-refractivity contribution in [3.63, 3.8) is 0 Å². The molecule has 0 spiro atoms. The highest BCUT2D eigenvalue weighted by Crippen LogP contribution is 2.29. The van der Waals surface area contributed by atoms with Crippen LogP contribution in [0.4, 0.5) is 0 Å². The first-order valence-corrected chi connectivity index (χ1v) is 6.77. The third kappa shape index (κ3) is 2.50. The Labute approximate surface area is 110 Å². The second-order valence-corrected chi connectivity index (χ2v) is 5.31. The van der Waals surface area contributed by atoms with Crippen molar-refractivity contribution in [2.24, 2.45) is 16.6 Å². The maximum absolute atomic E-state index is 6.02. The van der Waals surface area contributed by atoms with Crippen molar-refractivity contribution in [2.45, 2.75) is 33.2 Å². The summed E-state index contributed by atoms with van der Waals surface area (Å²) in [5.41, 5.74) is 8.81. The Morgan fingerprint density at radius 3 is 2.78 bits per heavy atom. The van der Waals surface area contributed by atoms with Gasteiger partial charge in [0.25, 0.3) is 0 Å². The molecule has 0 amide bonds. The summed E-state index contributed by atoms with van der Waals surface area (Å²) < 4.78 is 0. The van der Waals surface area contributed by atoms with Crippen LogP contribution in [-0.4, -0.2) is 23.9 Å². The van der Waals surface area contributed by atoms with Gasteiger partial charge in [-0.3, -0.25) is 4.99 Å². The third-order valence-corrected chi connectivity index (χ3v) is 3.45. The molecule has 0 bridgehead atoms. The Balaban J connectivity index is 2.27. The molecule has 0 aromatic heterocycles. The summed E-state index contributed by atoms with van der Waals surface area (Å²) in [6, 6.07) is 8.95. The van der Waals surface area contributed by atoms with Crippen molar-refractivity contribution < 1.29 is 0 Å². The summed E-state index contributed by atoms with van der Waals surface area (Å²) in [4.78, 5) is 6.67. The van der Waals surface area contributed by atoms with Crippen LogP contribution in [0, 0.1) is 5.92 Å². The number of nitrogens with two attached hydrogens (primary N) is 1. The van der Waals surface area contributed by atoms with E-state index in [2.05, 4.69) is 54.9 Å². The number of hydrogen-bond acceptors (Lipinski definition) is 3. The van der Waals surface area contributed by atoms with Gasteiger partial charge in [-0.1, -0.05) is 45.0 Å². The second-order valence-electron chi connectivity index (χ2n) is 5.31. The molecule has 2 rings (SSSR count). The average molecular weight is 245 g/mol. The second kappa shape index (κ2) is 5.42. The highest BCUT2D eigenvalue weighted by Gasteiger charge is 2.28. The third-order valence-electron chi connectivity index (χ3n) is 3.45. The van der Waals surface area contributed by atoms with Gasteiger partial charge in [-0.2, -0.15) is 0 Å². The summed E-state index contributed by atoms with van der Waals surface area (Å²) in [6.45, 7) is 8.39. The molecular formula is C15H23N3. The molecule has 0 radical (unpaired) electrons. The highest BCUT2D eigenvalue weighted by molar-refractivity contribution is 5.80. The maximum atomic E-state index is 6.02. The van der Waals surface area contributed by atoms with E-state index in [9.17, 15) is 0 Å². The lowest BCUT2D eigenvalue weighted by molar-refractivity contribution is 0.308. The molecule has 1 heterocycles. The van der Waals surface area contributed by atoms with E-state index >= 15 is 0 Å². The van der Waals surface area contributed by atoms with Crippen molar-refractivity contribution in [3.05, 3.63) is 35.4 Å². The van der Waals surface area contributed by atoms with Gasteiger partial charge in [-0.15, -0.1) is 0 Å². The van der Waals surface area contributed by atoms with Crippen molar-refractivity contribution in [1.29, 1.82) is 0 Å². The average Bonchev–Trinajstić information content (AvgIpc) is 2.70. The Kier molecular flexibility index (Phi) is 3.90. The highest BCUT2D eigenvalue weighted by atomic mass is 15.3. The predicted molar refractivity (Wildman–Crippen MR) is 76.6 cm³/mol. The van der Waals surface area contributed by atoms with Crippen LogP contribution in [0.1, 0.15) is 37.9 Å². The van der Waals surface area contributed by atoms with E-state index in [1.807, 2.05) is 0 Å². The van der Waals surface area contributed by atoms with E-state index in [4.69, 9.17) is 5.73 Å². The van der Waals surface area contributed by atoms with Gasteiger partial charge in [0, 0.05) is 6.54 Å². The molecule has 3 heteroatoms. The largest absolute Gasteiger partial charge is 0.370 e. The molecule has 1 aliphatic rings. The van der Waals surface area contributed by atoms with Crippen molar-refractivity contribution in [3.8, 4) is 0 Å². The zero-order chi connectivity index (χ0) is 13.1. The van der Waals surface area contributed by atoms with Crippen LogP contribution in [0.5, 0.6) is 0 Å². The molecule has 1 aromatic rings. The van der Waals surface area contributed by atoms with E-state index in [-0.39, 0.29) is 0 Å². The fraction of sp³-hybridized carbons (Fsp3) is 0.533. The number of hydrogen-bond donors (Lipinski definition) is 1. The number of guanidine groups is 1. The number of rotatable bonds is 4. The number of nitrogens with zero attached hydrogens (tertiary/aromatic N) is 2. The monoisotopic (exact) mass is 245 g/mol. The van der Waals surface area contributed by atoms with Crippen LogP contribution in [0.25, 0.3) is 0 Å². The van der Waals surface area contributed by atoms with E-state index < -0.39 is 0 Å². The molecule has 0 fully saturated rings. The van der Waals surface area contributed by atoms with Gasteiger partial charge in [0.1, 0.15) is 0 Å². The lowest BCUT2D eigenvalue weighted by Crippen LogP contribution is -2.38. The van der Waals surface area contributed by atoms with Crippen molar-refractivity contribution in [2.75, 3.05) is 13.1 Å². The van der Waals surface area contributed by atoms with Crippen LogP contribution in [0.2, 0.25) is 0 Å². The number of aryl methyl sites for hydroxylation is 1. The van der Waals surface area contributed by atoms with E-state index in [1.54, 1.807) is 0 Å². The predicted octanol–water partition coefficient (Wildman–Crippen LogP) is 2.58. The lowest BCUT2D eigenvalue weighted by atomic mass is 9.97. The molecule has 98 valence electrons. The van der Waals surface area contributed by atoms with Gasteiger partial charge in [0.2, 0.25) is 0 Å². The zero-order valence-corrected chi connectivity index (χ0v) is 11.6. The van der Waals surface area contributed by atoms with E-state index in [0.29, 0.717) is 17.9 Å². The fourth-order valence-electron chi connectivity index (χ4n) is 2.59. The maximum Gasteiger partial charge on any atom is 0.191 e. The Morgan fingerprint density at radius 1 is 1.39 bits per heavy atom. The summed E-state index contributed by atoms with van der Waals surface area (Å²) in [7, 11) is 0. The summed E-state index contributed by atoms with van der Waals surface area (Å²) in [6.07, 6.45) is 1.06. The van der Waals surface area contributed by atoms with Crippen LogP contribution in [0.3, 0.4) is 0 Å². The summed E-state index contributed by atoms with van der Waals surface area (Å²) in [5, 5.41) is 0. The first-order valence-electron chi connectivity index (χ1n) is 6.77. The first-order chi connectivity index (χ1) is 8.63. The molecule has 1 aliphatic heterocycles. The van der Waals surface area contributed by atoms with Gasteiger partial charge in [-0.25, -0.2) is 0 Å². The van der Waals surface area contributed by atoms with Crippen LogP contribution in [0.15, 0.2) is 29.3 Å². The topological polar surface area (TPSA) is 41.6 Å². The molecule has 0 saturated carbocycles. The minimum Gasteiger partial charge on any atom is -0.370 e. The Bertz CT molecular complexity index is 437. The van der Waals surface area contributed by atoms with Crippen molar-refractivity contribution in [1.82, 2.24) is 4.90 Å². The van der Waals surface area contributed by atoms with Crippen LogP contribution < -0.4 is 5.73 Å². The molecule has 1 unspecified atom stereocenters. The van der Waals surface area contributed by atoms with E-state index in [0.717, 1.165) is 19.5 Å². The summed E-state index contributed by atoms with van der Waals surface area (Å²) >= 11 is 0. The van der Waals surface area contributed by atoms with E-state index in [1.165, 1.54) is 11.1 Å². The Morgan fingerprint density at radius 2 is 2.11 bits per heavy atom. The fourth-order valence-corrected chi connectivity index (χ4v) is 2.59. The molecule has 0 saturated heterocycles. The lowest BCUT2D eigenvalue weighted by Gasteiger charge is -2.29. The minimum atomic E-state index is 0.323. The molecular weight excluding hydrogens is 222 g/mol. The zero-order valence-electron chi connectivity index (χ0n) is 11.6. The molecule has 0 aliphatic carbocycles. The molecule has 2 N–H and O–H groups in total. The van der Waals surface area contributed by atoms with Crippen LogP contribution in [-0.2, 0) is 6.42 Å². The SMILES string of the molecule is CCc1ccccc1C1CN=C(N)N1CC(C)C. The quantitative estimate of drug-likeness (QED) is 0.886. The number of aliphatic imine (C=N–C) groups is 1. The number of benzene rings is 1. The van der Waals surface area contributed by atoms with Gasteiger partial charge in [-0.05, 0) is 23.5 Å². The molecule has 1 atom stereocenters. The van der Waals surface area contributed by atoms with Gasteiger partial charge >= 0.3 is 0 Å². The minimum absolute atomic E-state index is 0.323. The smallest absolute Gasteiger partial charge is 0.191 e. The Hall–Kier alpha value is -1.51. The van der Waals surface area contributed by atoms with Crippen molar-refractivity contribution >= 4 is 5.96 Å². The molecule has 3 nitrogen and oxygen atoms in total.